The lowest BCUT2D eigenvalue weighted by Gasteiger charge is -2.17. The van der Waals surface area contributed by atoms with Crippen molar-refractivity contribution in [2.24, 2.45) is 0 Å². The molecule has 22 heavy (non-hydrogen) atoms. The summed E-state index contributed by atoms with van der Waals surface area (Å²) in [6.07, 6.45) is 1.60. The summed E-state index contributed by atoms with van der Waals surface area (Å²) in [6.45, 7) is 1.39. The van der Waals surface area contributed by atoms with Crippen LogP contribution in [0, 0.1) is 0 Å². The average Bonchev–Trinajstić information content (AvgIpc) is 3.09. The number of carbonyl (C=O) groups excluding carboxylic acids is 1. The first-order valence-corrected chi connectivity index (χ1v) is 7.65. The first kappa shape index (κ1) is 15.1. The largest absolute Gasteiger partial charge is 0.461 e. The Morgan fingerprint density at radius 2 is 2.27 bits per heavy atom. The summed E-state index contributed by atoms with van der Waals surface area (Å²) in [5, 5.41) is 4.10. The highest BCUT2D eigenvalue weighted by Gasteiger charge is 2.34. The molecule has 0 radical (unpaired) electrons. The van der Waals surface area contributed by atoms with E-state index in [1.165, 1.54) is 0 Å². The van der Waals surface area contributed by atoms with Crippen LogP contribution in [0.4, 0.5) is 0 Å². The fourth-order valence-corrected chi connectivity index (χ4v) is 3.02. The lowest BCUT2D eigenvalue weighted by molar-refractivity contribution is -0.125. The fourth-order valence-electron chi connectivity index (χ4n) is 3.02. The molecule has 5 heteroatoms. The first-order valence-electron chi connectivity index (χ1n) is 7.65. The number of ether oxygens (including phenoxy) is 1. The quantitative estimate of drug-likeness (QED) is 0.915. The second-order valence-electron chi connectivity index (χ2n) is 5.84. The number of likely N-dealkylation sites (tertiary alicyclic amines) is 1. The molecule has 1 saturated heterocycles. The van der Waals surface area contributed by atoms with E-state index in [1.807, 2.05) is 42.3 Å². The van der Waals surface area contributed by atoms with Crippen LogP contribution in [0.5, 0.6) is 0 Å². The topological polar surface area (TPSA) is 54.7 Å². The minimum absolute atomic E-state index is 0.0677. The summed E-state index contributed by atoms with van der Waals surface area (Å²) in [7, 11) is 3.66. The summed E-state index contributed by atoms with van der Waals surface area (Å²) in [5.41, 5.74) is 0.891. The van der Waals surface area contributed by atoms with Crippen LogP contribution in [0.3, 0.4) is 0 Å². The number of methoxy groups -OCH3 is 1. The number of carbonyl (C=O) groups is 1. The monoisotopic (exact) mass is 302 g/mol. The van der Waals surface area contributed by atoms with Gasteiger partial charge in [-0.1, -0.05) is 18.2 Å². The van der Waals surface area contributed by atoms with Gasteiger partial charge in [-0.3, -0.25) is 9.69 Å². The molecule has 1 aromatic carbocycles. The molecule has 2 heterocycles. The Hall–Kier alpha value is -1.85. The molecule has 0 saturated carbocycles. The SMILES string of the molecule is CO[C@H]1C[C@@H](C(=O)NCCc2cc3ccccc3o2)N(C)C1. The molecule has 0 unspecified atom stereocenters. The van der Waals surface area contributed by atoms with Crippen molar-refractivity contribution in [2.75, 3.05) is 27.2 Å². The summed E-state index contributed by atoms with van der Waals surface area (Å²) < 4.78 is 11.1. The highest BCUT2D eigenvalue weighted by Crippen LogP contribution is 2.20. The van der Waals surface area contributed by atoms with Gasteiger partial charge in [0, 0.05) is 32.0 Å². The van der Waals surface area contributed by atoms with E-state index in [1.54, 1.807) is 7.11 Å². The number of likely N-dealkylation sites (N-methyl/N-ethyl adjacent to an activating group) is 1. The summed E-state index contributed by atoms with van der Waals surface area (Å²) >= 11 is 0. The molecular weight excluding hydrogens is 280 g/mol. The molecule has 0 spiro atoms. The minimum atomic E-state index is -0.0966. The molecule has 0 bridgehead atoms. The molecule has 0 aliphatic carbocycles. The van der Waals surface area contributed by atoms with Gasteiger partial charge in [0.2, 0.25) is 5.91 Å². The maximum absolute atomic E-state index is 12.2. The molecule has 1 N–H and O–H groups in total. The van der Waals surface area contributed by atoms with Crippen LogP contribution in [0.15, 0.2) is 34.7 Å². The smallest absolute Gasteiger partial charge is 0.237 e. The van der Waals surface area contributed by atoms with Gasteiger partial charge in [0.15, 0.2) is 0 Å². The third-order valence-corrected chi connectivity index (χ3v) is 4.29. The molecule has 1 amide bonds. The highest BCUT2D eigenvalue weighted by atomic mass is 16.5. The number of nitrogens with zero attached hydrogens (tertiary/aromatic N) is 1. The molecule has 118 valence electrons. The second kappa shape index (κ2) is 6.50. The Balaban J connectivity index is 1.51. The first-order chi connectivity index (χ1) is 10.7. The number of para-hydroxylation sites is 1. The van der Waals surface area contributed by atoms with E-state index >= 15 is 0 Å². The number of benzene rings is 1. The standard InChI is InChI=1S/C17H22N2O3/c1-19-11-14(21-2)10-15(19)17(20)18-8-7-13-9-12-5-3-4-6-16(12)22-13/h3-6,9,14-15H,7-8,10-11H2,1-2H3,(H,18,20)/t14-,15-/m0/s1. The van der Waals surface area contributed by atoms with Crippen molar-refractivity contribution in [1.82, 2.24) is 10.2 Å². The molecule has 1 aliphatic rings. The van der Waals surface area contributed by atoms with Gasteiger partial charge in [0.1, 0.15) is 11.3 Å². The molecule has 1 fully saturated rings. The number of nitrogens with one attached hydrogen (secondary N) is 1. The van der Waals surface area contributed by atoms with E-state index in [0.717, 1.165) is 29.7 Å². The Kier molecular flexibility index (Phi) is 4.45. The minimum Gasteiger partial charge on any atom is -0.461 e. The Labute approximate surface area is 130 Å². The molecular formula is C17H22N2O3. The lowest BCUT2D eigenvalue weighted by Crippen LogP contribution is -2.42. The van der Waals surface area contributed by atoms with Crippen molar-refractivity contribution < 1.29 is 13.9 Å². The Bertz CT molecular complexity index is 619. The zero-order valence-corrected chi connectivity index (χ0v) is 13.0. The highest BCUT2D eigenvalue weighted by molar-refractivity contribution is 5.82. The fraction of sp³-hybridized carbons (Fsp3) is 0.471. The van der Waals surface area contributed by atoms with Gasteiger partial charge in [-0.25, -0.2) is 0 Å². The second-order valence-corrected chi connectivity index (χ2v) is 5.84. The maximum Gasteiger partial charge on any atom is 0.237 e. The van der Waals surface area contributed by atoms with Crippen LogP contribution in [-0.2, 0) is 16.0 Å². The molecule has 3 rings (SSSR count). The zero-order valence-electron chi connectivity index (χ0n) is 13.0. The van der Waals surface area contributed by atoms with E-state index in [4.69, 9.17) is 9.15 Å². The third-order valence-electron chi connectivity index (χ3n) is 4.29. The Morgan fingerprint density at radius 1 is 1.45 bits per heavy atom. The van der Waals surface area contributed by atoms with Crippen LogP contribution in [0.1, 0.15) is 12.2 Å². The molecule has 1 aromatic heterocycles. The average molecular weight is 302 g/mol. The van der Waals surface area contributed by atoms with Crippen LogP contribution in [0.2, 0.25) is 0 Å². The Morgan fingerprint density at radius 3 is 3.00 bits per heavy atom. The number of hydrogen-bond donors (Lipinski definition) is 1. The van der Waals surface area contributed by atoms with Crippen molar-refractivity contribution in [2.45, 2.75) is 25.0 Å². The van der Waals surface area contributed by atoms with E-state index in [9.17, 15) is 4.79 Å². The number of hydrogen-bond acceptors (Lipinski definition) is 4. The van der Waals surface area contributed by atoms with E-state index in [0.29, 0.717) is 13.0 Å². The van der Waals surface area contributed by atoms with Crippen molar-refractivity contribution >= 4 is 16.9 Å². The van der Waals surface area contributed by atoms with Gasteiger partial charge in [-0.05, 0) is 25.6 Å². The number of amides is 1. The summed E-state index contributed by atoms with van der Waals surface area (Å²) in [4.78, 5) is 14.3. The molecule has 5 nitrogen and oxygen atoms in total. The van der Waals surface area contributed by atoms with E-state index < -0.39 is 0 Å². The van der Waals surface area contributed by atoms with Crippen LogP contribution < -0.4 is 5.32 Å². The van der Waals surface area contributed by atoms with Crippen LogP contribution >= 0.6 is 0 Å². The molecule has 2 atom stereocenters. The van der Waals surface area contributed by atoms with Gasteiger partial charge in [-0.15, -0.1) is 0 Å². The van der Waals surface area contributed by atoms with Gasteiger partial charge in [0.25, 0.3) is 0 Å². The summed E-state index contributed by atoms with van der Waals surface area (Å²) in [6, 6.07) is 9.87. The maximum atomic E-state index is 12.2. The predicted octanol–water partition coefficient (Wildman–Crippen LogP) is 1.81. The lowest BCUT2D eigenvalue weighted by atomic mass is 10.2. The van der Waals surface area contributed by atoms with Crippen molar-refractivity contribution in [3.8, 4) is 0 Å². The van der Waals surface area contributed by atoms with E-state index in [2.05, 4.69) is 5.32 Å². The van der Waals surface area contributed by atoms with Gasteiger partial charge in [-0.2, -0.15) is 0 Å². The number of fused-ring (bicyclic) bond motifs is 1. The van der Waals surface area contributed by atoms with E-state index in [-0.39, 0.29) is 18.1 Å². The van der Waals surface area contributed by atoms with Gasteiger partial charge in [0.05, 0.1) is 12.1 Å². The van der Waals surface area contributed by atoms with Crippen LogP contribution in [0.25, 0.3) is 11.0 Å². The molecule has 2 aromatic rings. The van der Waals surface area contributed by atoms with Crippen molar-refractivity contribution in [1.29, 1.82) is 0 Å². The normalized spacial score (nSPS) is 22.3. The van der Waals surface area contributed by atoms with Crippen molar-refractivity contribution in [3.63, 3.8) is 0 Å². The van der Waals surface area contributed by atoms with Crippen LogP contribution in [-0.4, -0.2) is 50.2 Å². The third kappa shape index (κ3) is 3.15. The number of rotatable bonds is 5. The number of furan rings is 1. The predicted molar refractivity (Wildman–Crippen MR) is 84.8 cm³/mol. The zero-order chi connectivity index (χ0) is 15.5. The van der Waals surface area contributed by atoms with Gasteiger partial charge >= 0.3 is 0 Å². The van der Waals surface area contributed by atoms with Gasteiger partial charge < -0.3 is 14.5 Å². The summed E-state index contributed by atoms with van der Waals surface area (Å²) in [5.74, 6) is 0.967. The van der Waals surface area contributed by atoms with Crippen molar-refractivity contribution in [3.05, 3.63) is 36.1 Å². The molecule has 1 aliphatic heterocycles.